The fraction of sp³-hybridized carbons (Fsp3) is 0.400. The number of pyridine rings is 2. The second-order valence-corrected chi connectivity index (χ2v) is 10.6. The lowest BCUT2D eigenvalue weighted by Gasteiger charge is -2.56. The number of likely N-dealkylation sites (tertiary alicyclic amines) is 1. The molecule has 4 saturated heterocycles. The van der Waals surface area contributed by atoms with Crippen molar-refractivity contribution < 1.29 is 9.47 Å². The number of aromatic nitrogens is 2. The van der Waals surface area contributed by atoms with Gasteiger partial charge in [-0.1, -0.05) is 6.07 Å². The third-order valence-corrected chi connectivity index (χ3v) is 8.40. The van der Waals surface area contributed by atoms with E-state index in [1.54, 1.807) is 14.2 Å². The summed E-state index contributed by atoms with van der Waals surface area (Å²) in [7, 11) is 3.39. The van der Waals surface area contributed by atoms with Gasteiger partial charge in [-0.05, 0) is 36.6 Å². The smallest absolute Gasteiger partial charge is 0.212 e. The van der Waals surface area contributed by atoms with E-state index < -0.39 is 0 Å². The molecule has 5 aliphatic heterocycles. The van der Waals surface area contributed by atoms with Crippen molar-refractivity contribution in [2.45, 2.75) is 37.6 Å². The first kappa shape index (κ1) is 26.0. The van der Waals surface area contributed by atoms with E-state index in [-0.39, 0.29) is 11.7 Å². The molecular formula is C30H34N8O2. The molecule has 0 amide bonds. The molecule has 0 saturated carbocycles. The zero-order chi connectivity index (χ0) is 27.6. The Hall–Kier alpha value is -4.20. The van der Waals surface area contributed by atoms with Crippen LogP contribution in [0.5, 0.6) is 5.88 Å². The van der Waals surface area contributed by atoms with Gasteiger partial charge in [0.25, 0.3) is 0 Å². The number of ether oxygens (including phenoxy) is 2. The van der Waals surface area contributed by atoms with Crippen LogP contribution in [0.15, 0.2) is 65.9 Å². The monoisotopic (exact) mass is 538 g/mol. The summed E-state index contributed by atoms with van der Waals surface area (Å²) >= 11 is 0. The maximum absolute atomic E-state index is 9.66. The van der Waals surface area contributed by atoms with Crippen molar-refractivity contribution in [3.05, 3.63) is 77.0 Å². The minimum absolute atomic E-state index is 0.214. The zero-order valence-corrected chi connectivity index (χ0v) is 22.9. The molecule has 5 aliphatic rings. The van der Waals surface area contributed by atoms with E-state index in [0.717, 1.165) is 68.0 Å². The summed E-state index contributed by atoms with van der Waals surface area (Å²) in [6.45, 7) is 4.51. The van der Waals surface area contributed by atoms with Gasteiger partial charge >= 0.3 is 0 Å². The largest absolute Gasteiger partial charge is 0.481 e. The number of hydrogen-bond donors (Lipinski definition) is 2. The molecule has 7 heterocycles. The zero-order valence-electron chi connectivity index (χ0n) is 22.9. The van der Waals surface area contributed by atoms with Crippen LogP contribution in [0.2, 0.25) is 0 Å². The number of methoxy groups -OCH3 is 2. The highest BCUT2D eigenvalue weighted by atomic mass is 16.5. The molecule has 0 radical (unpaired) electrons. The van der Waals surface area contributed by atoms with Crippen LogP contribution in [0.3, 0.4) is 0 Å². The first-order valence-corrected chi connectivity index (χ1v) is 13.7. The quantitative estimate of drug-likeness (QED) is 0.387. The fourth-order valence-electron chi connectivity index (χ4n) is 6.13. The molecular weight excluding hydrogens is 504 g/mol. The van der Waals surface area contributed by atoms with Gasteiger partial charge in [0.15, 0.2) is 0 Å². The number of piperidine rings is 1. The maximum atomic E-state index is 9.66. The topological polar surface area (TPSA) is 114 Å². The number of rotatable bonds is 8. The van der Waals surface area contributed by atoms with Crippen molar-refractivity contribution in [3.63, 3.8) is 0 Å². The minimum Gasteiger partial charge on any atom is -0.481 e. The van der Waals surface area contributed by atoms with Crippen molar-refractivity contribution in [2.24, 2.45) is 0 Å². The van der Waals surface area contributed by atoms with Crippen LogP contribution in [0.25, 0.3) is 5.57 Å². The molecule has 0 spiro atoms. The summed E-state index contributed by atoms with van der Waals surface area (Å²) in [6, 6.07) is 11.3. The SMILES string of the molecule is COc1ccc(CN2C3CC2CN(c2ccc(C4=CC(N5CCC(OC)C5)=CN/C4=C(/C#N)C=N)cn2)C3)cn1. The molecule has 3 unspecified atom stereocenters. The Morgan fingerprint density at radius 1 is 1.12 bits per heavy atom. The highest BCUT2D eigenvalue weighted by Crippen LogP contribution is 2.36. The standard InChI is InChI=1S/C30H34N8O2/c1-39-26-7-8-36(19-26)23-10-27(30(35-15-23)22(11-31)12-32)21-4-5-28(33-14-21)37-17-24-9-25(18-37)38(24)16-20-3-6-29(40-2)34-13-20/h3-6,10-11,13-15,24-26,31,35H,7-9,16-19H2,1-2H3/b30-22+,31-11?. The normalized spacial score (nSPS) is 25.3. The Labute approximate surface area is 234 Å². The second kappa shape index (κ2) is 11.1. The number of nitrogens with one attached hydrogen (secondary N) is 2. The van der Waals surface area contributed by atoms with Crippen LogP contribution in [-0.4, -0.2) is 84.6 Å². The first-order valence-electron chi connectivity index (χ1n) is 13.7. The highest BCUT2D eigenvalue weighted by Gasteiger charge is 2.44. The number of allylic oxidation sites excluding steroid dienone is 3. The second-order valence-electron chi connectivity index (χ2n) is 10.6. The van der Waals surface area contributed by atoms with E-state index in [1.165, 1.54) is 12.0 Å². The molecule has 2 aromatic heterocycles. The van der Waals surface area contributed by atoms with Crippen molar-refractivity contribution in [1.29, 1.82) is 10.7 Å². The summed E-state index contributed by atoms with van der Waals surface area (Å²) in [6.07, 6.45) is 11.3. The Balaban J connectivity index is 1.17. The van der Waals surface area contributed by atoms with Crippen molar-refractivity contribution in [2.75, 3.05) is 45.3 Å². The lowest BCUT2D eigenvalue weighted by atomic mass is 9.87. The number of anilines is 1. The molecule has 3 atom stereocenters. The van der Waals surface area contributed by atoms with E-state index in [0.29, 0.717) is 23.7 Å². The molecule has 10 nitrogen and oxygen atoms in total. The molecule has 2 bridgehead atoms. The summed E-state index contributed by atoms with van der Waals surface area (Å²) in [5.74, 6) is 1.60. The van der Waals surface area contributed by atoms with Crippen molar-refractivity contribution in [3.8, 4) is 11.9 Å². The lowest BCUT2D eigenvalue weighted by molar-refractivity contribution is -0.00877. The summed E-state index contributed by atoms with van der Waals surface area (Å²) < 4.78 is 10.7. The van der Waals surface area contributed by atoms with Gasteiger partial charge in [0, 0.05) is 93.9 Å². The van der Waals surface area contributed by atoms with Gasteiger partial charge in [-0.2, -0.15) is 5.26 Å². The van der Waals surface area contributed by atoms with E-state index in [9.17, 15) is 5.26 Å². The Morgan fingerprint density at radius 3 is 2.60 bits per heavy atom. The molecule has 40 heavy (non-hydrogen) atoms. The van der Waals surface area contributed by atoms with Crippen LogP contribution in [0.1, 0.15) is 24.0 Å². The molecule has 4 fully saturated rings. The van der Waals surface area contributed by atoms with Gasteiger partial charge in [0.2, 0.25) is 5.88 Å². The number of piperazine rings is 1. The van der Waals surface area contributed by atoms with E-state index in [1.807, 2.05) is 24.7 Å². The average Bonchev–Trinajstić information content (AvgIpc) is 3.50. The molecule has 10 heteroatoms. The number of hydrogen-bond acceptors (Lipinski definition) is 10. The summed E-state index contributed by atoms with van der Waals surface area (Å²) in [4.78, 5) is 16.4. The fourth-order valence-corrected chi connectivity index (χ4v) is 6.13. The van der Waals surface area contributed by atoms with E-state index in [2.05, 4.69) is 55.3 Å². The maximum Gasteiger partial charge on any atom is 0.212 e. The van der Waals surface area contributed by atoms with Gasteiger partial charge in [0.05, 0.1) is 30.2 Å². The van der Waals surface area contributed by atoms with Gasteiger partial charge in [-0.3, -0.25) is 4.90 Å². The Bertz CT molecular complexity index is 1380. The van der Waals surface area contributed by atoms with Gasteiger partial charge in [0.1, 0.15) is 11.9 Å². The molecule has 0 aliphatic carbocycles. The van der Waals surface area contributed by atoms with E-state index in [4.69, 9.17) is 19.9 Å². The van der Waals surface area contributed by atoms with Gasteiger partial charge in [-0.15, -0.1) is 0 Å². The number of nitriles is 1. The van der Waals surface area contributed by atoms with Crippen LogP contribution >= 0.6 is 0 Å². The predicted octanol–water partition coefficient (Wildman–Crippen LogP) is 2.92. The molecule has 0 aromatic carbocycles. The van der Waals surface area contributed by atoms with Crippen LogP contribution in [0, 0.1) is 16.7 Å². The third-order valence-electron chi connectivity index (χ3n) is 8.40. The lowest BCUT2D eigenvalue weighted by Crippen LogP contribution is -2.68. The summed E-state index contributed by atoms with van der Waals surface area (Å²) in [5, 5.41) is 20.7. The summed E-state index contributed by atoms with van der Waals surface area (Å²) in [5.41, 5.74) is 4.91. The first-order chi connectivity index (χ1) is 19.6. The number of nitrogens with zero attached hydrogens (tertiary/aromatic N) is 6. The van der Waals surface area contributed by atoms with Crippen molar-refractivity contribution >= 4 is 17.6 Å². The van der Waals surface area contributed by atoms with Crippen molar-refractivity contribution in [1.82, 2.24) is 25.1 Å². The number of fused-ring (bicyclic) bond motifs is 2. The van der Waals surface area contributed by atoms with Crippen LogP contribution in [-0.2, 0) is 11.3 Å². The van der Waals surface area contributed by atoms with Gasteiger partial charge < -0.3 is 30.0 Å². The Morgan fingerprint density at radius 2 is 1.98 bits per heavy atom. The van der Waals surface area contributed by atoms with Crippen LogP contribution in [0.4, 0.5) is 5.82 Å². The molecule has 7 rings (SSSR count). The highest BCUT2D eigenvalue weighted by molar-refractivity contribution is 5.93. The Kier molecular flexibility index (Phi) is 7.24. The predicted molar refractivity (Wildman–Crippen MR) is 153 cm³/mol. The molecule has 2 N–H and O–H groups in total. The third kappa shape index (κ3) is 4.94. The minimum atomic E-state index is 0.214. The molecule has 2 aromatic rings. The van der Waals surface area contributed by atoms with E-state index >= 15 is 0 Å². The van der Waals surface area contributed by atoms with Gasteiger partial charge in [-0.25, -0.2) is 9.97 Å². The average molecular weight is 539 g/mol. The molecule has 206 valence electrons. The number of dihydropyridines is 1. The van der Waals surface area contributed by atoms with Crippen LogP contribution < -0.4 is 15.0 Å².